The monoisotopic (exact) mass is 425 g/mol. The number of phenols is 1. The lowest BCUT2D eigenvalue weighted by Gasteiger charge is -2.21. The van der Waals surface area contributed by atoms with Crippen molar-refractivity contribution >= 4 is 45.5 Å². The van der Waals surface area contributed by atoms with Crippen LogP contribution >= 0.6 is 11.8 Å². The van der Waals surface area contributed by atoms with Crippen LogP contribution < -0.4 is 10.7 Å². The van der Waals surface area contributed by atoms with Gasteiger partial charge in [0.2, 0.25) is 0 Å². The van der Waals surface area contributed by atoms with Gasteiger partial charge < -0.3 is 10.4 Å². The summed E-state index contributed by atoms with van der Waals surface area (Å²) in [5, 5.41) is 19.7. The summed E-state index contributed by atoms with van der Waals surface area (Å²) in [5.41, 5.74) is 6.40. The molecule has 0 fully saturated rings. The summed E-state index contributed by atoms with van der Waals surface area (Å²) in [6, 6.07) is 25.1. The van der Waals surface area contributed by atoms with E-state index in [4.69, 9.17) is 0 Å². The number of carbonyl (C=O) groups excluding carboxylic acids is 1. The molecular formula is C25H19N3O2S. The van der Waals surface area contributed by atoms with E-state index < -0.39 is 5.91 Å². The highest BCUT2D eigenvalue weighted by molar-refractivity contribution is 7.99. The maximum absolute atomic E-state index is 12.6. The van der Waals surface area contributed by atoms with Gasteiger partial charge in [0.05, 0.1) is 22.6 Å². The Morgan fingerprint density at radius 3 is 2.45 bits per heavy atom. The van der Waals surface area contributed by atoms with Gasteiger partial charge in [-0.25, -0.2) is 5.43 Å². The van der Waals surface area contributed by atoms with Gasteiger partial charge >= 0.3 is 0 Å². The Bertz CT molecular complexity index is 1360. The van der Waals surface area contributed by atoms with Crippen LogP contribution in [-0.4, -0.2) is 16.7 Å². The highest BCUT2D eigenvalue weighted by Crippen LogP contribution is 2.44. The number of aromatic hydroxyl groups is 1. The SMILES string of the molecule is CC(=NNC(=O)c1cc2ccccc2cc1O)c1ccc2c(c1)Nc1ccccc1S2. The molecule has 3 N–H and O–H groups in total. The molecule has 1 heterocycles. The minimum atomic E-state index is -0.455. The predicted octanol–water partition coefficient (Wildman–Crippen LogP) is 5.91. The molecule has 0 unspecified atom stereocenters. The molecule has 5 rings (SSSR count). The zero-order valence-electron chi connectivity index (χ0n) is 16.7. The van der Waals surface area contributed by atoms with Crippen molar-refractivity contribution in [2.24, 2.45) is 5.10 Å². The van der Waals surface area contributed by atoms with E-state index in [9.17, 15) is 9.90 Å². The normalized spacial score (nSPS) is 12.6. The van der Waals surface area contributed by atoms with Gasteiger partial charge in [0.15, 0.2) is 0 Å². The first kappa shape index (κ1) is 19.2. The summed E-state index contributed by atoms with van der Waals surface area (Å²) in [4.78, 5) is 15.0. The van der Waals surface area contributed by atoms with E-state index >= 15 is 0 Å². The molecule has 0 saturated carbocycles. The summed E-state index contributed by atoms with van der Waals surface area (Å²) in [5.74, 6) is -0.527. The van der Waals surface area contributed by atoms with Crippen molar-refractivity contribution in [3.05, 3.63) is 90.0 Å². The number of carbonyl (C=O) groups is 1. The molecule has 0 aliphatic carbocycles. The predicted molar refractivity (Wildman–Crippen MR) is 126 cm³/mol. The van der Waals surface area contributed by atoms with Crippen LogP contribution in [0.3, 0.4) is 0 Å². The summed E-state index contributed by atoms with van der Waals surface area (Å²) >= 11 is 1.72. The number of anilines is 2. The molecule has 0 atom stereocenters. The van der Waals surface area contributed by atoms with Gasteiger partial charge in [0.25, 0.3) is 5.91 Å². The molecule has 1 aliphatic heterocycles. The zero-order chi connectivity index (χ0) is 21.4. The average Bonchev–Trinajstić information content (AvgIpc) is 2.80. The van der Waals surface area contributed by atoms with Crippen LogP contribution in [0, 0.1) is 0 Å². The first-order valence-corrected chi connectivity index (χ1v) is 10.6. The second kappa shape index (κ2) is 7.81. The maximum Gasteiger partial charge on any atom is 0.275 e. The van der Waals surface area contributed by atoms with Crippen LogP contribution in [0.2, 0.25) is 0 Å². The standard InChI is InChI=1S/C25H19N3O2S/c1-15(16-10-11-24-21(13-16)26-20-8-4-5-9-23(20)31-24)27-28-25(30)19-12-17-6-2-3-7-18(17)14-22(19)29/h2-14,26,29H,1H3,(H,28,30). The van der Waals surface area contributed by atoms with Crippen LogP contribution in [0.4, 0.5) is 11.4 Å². The van der Waals surface area contributed by atoms with Crippen molar-refractivity contribution in [3.8, 4) is 5.75 Å². The molecule has 0 bridgehead atoms. The first-order chi connectivity index (χ1) is 15.1. The molecule has 6 heteroatoms. The van der Waals surface area contributed by atoms with Crippen LogP contribution in [0.5, 0.6) is 5.75 Å². The number of rotatable bonds is 3. The van der Waals surface area contributed by atoms with E-state index in [0.717, 1.165) is 32.6 Å². The molecule has 31 heavy (non-hydrogen) atoms. The first-order valence-electron chi connectivity index (χ1n) is 9.83. The fourth-order valence-corrected chi connectivity index (χ4v) is 4.50. The van der Waals surface area contributed by atoms with E-state index in [1.807, 2.05) is 61.5 Å². The van der Waals surface area contributed by atoms with Crippen molar-refractivity contribution in [2.75, 3.05) is 5.32 Å². The third-order valence-electron chi connectivity index (χ3n) is 5.21. The van der Waals surface area contributed by atoms with Gasteiger partial charge in [0.1, 0.15) is 5.75 Å². The van der Waals surface area contributed by atoms with Crippen molar-refractivity contribution < 1.29 is 9.90 Å². The van der Waals surface area contributed by atoms with E-state index in [2.05, 4.69) is 28.0 Å². The highest BCUT2D eigenvalue weighted by atomic mass is 32.2. The average molecular weight is 426 g/mol. The molecular weight excluding hydrogens is 406 g/mol. The summed E-state index contributed by atoms with van der Waals surface area (Å²) in [6.45, 7) is 1.84. The van der Waals surface area contributed by atoms with Gasteiger partial charge in [-0.1, -0.05) is 54.2 Å². The molecule has 1 aliphatic rings. The highest BCUT2D eigenvalue weighted by Gasteiger charge is 2.16. The van der Waals surface area contributed by atoms with E-state index in [0.29, 0.717) is 5.71 Å². The Hall–Kier alpha value is -3.77. The van der Waals surface area contributed by atoms with Gasteiger partial charge in [-0.05, 0) is 59.7 Å². The number of para-hydroxylation sites is 1. The third-order valence-corrected chi connectivity index (χ3v) is 6.36. The number of hydrogen-bond donors (Lipinski definition) is 3. The second-order valence-electron chi connectivity index (χ2n) is 7.29. The topological polar surface area (TPSA) is 73.7 Å². The molecule has 0 spiro atoms. The number of benzene rings is 4. The molecule has 152 valence electrons. The molecule has 0 saturated heterocycles. The lowest BCUT2D eigenvalue weighted by molar-refractivity contribution is 0.0952. The van der Waals surface area contributed by atoms with Gasteiger partial charge in [0, 0.05) is 9.79 Å². The largest absolute Gasteiger partial charge is 0.507 e. The van der Waals surface area contributed by atoms with Crippen molar-refractivity contribution in [3.63, 3.8) is 0 Å². The van der Waals surface area contributed by atoms with Crippen LogP contribution in [-0.2, 0) is 0 Å². The van der Waals surface area contributed by atoms with Crippen LogP contribution in [0.25, 0.3) is 10.8 Å². The molecule has 4 aromatic rings. The molecule has 5 nitrogen and oxygen atoms in total. The van der Waals surface area contributed by atoms with Crippen molar-refractivity contribution in [2.45, 2.75) is 16.7 Å². The maximum atomic E-state index is 12.6. The second-order valence-corrected chi connectivity index (χ2v) is 8.37. The Labute approximate surface area is 183 Å². The van der Waals surface area contributed by atoms with E-state index in [-0.39, 0.29) is 11.3 Å². The van der Waals surface area contributed by atoms with Crippen molar-refractivity contribution in [1.82, 2.24) is 5.43 Å². The van der Waals surface area contributed by atoms with E-state index in [1.165, 1.54) is 4.90 Å². The summed E-state index contributed by atoms with van der Waals surface area (Å²) in [7, 11) is 0. The molecule has 0 radical (unpaired) electrons. The number of hydrazone groups is 1. The molecule has 1 amide bonds. The zero-order valence-corrected chi connectivity index (χ0v) is 17.5. The Balaban J connectivity index is 1.36. The number of fused-ring (bicyclic) bond motifs is 3. The molecule has 0 aromatic heterocycles. The summed E-state index contributed by atoms with van der Waals surface area (Å²) in [6.07, 6.45) is 0. The number of hydrogen-bond acceptors (Lipinski definition) is 5. The van der Waals surface area contributed by atoms with Gasteiger partial charge in [-0.3, -0.25) is 4.79 Å². The summed E-state index contributed by atoms with van der Waals surface area (Å²) < 4.78 is 0. The molecule has 4 aromatic carbocycles. The smallest absolute Gasteiger partial charge is 0.275 e. The number of nitrogens with zero attached hydrogens (tertiary/aromatic N) is 1. The lowest BCUT2D eigenvalue weighted by atomic mass is 10.1. The minimum absolute atomic E-state index is 0.0716. The fraction of sp³-hybridized carbons (Fsp3) is 0.0400. The Morgan fingerprint density at radius 1 is 0.903 bits per heavy atom. The van der Waals surface area contributed by atoms with Crippen molar-refractivity contribution in [1.29, 1.82) is 0 Å². The van der Waals surface area contributed by atoms with E-state index in [1.54, 1.807) is 23.9 Å². The fourth-order valence-electron chi connectivity index (χ4n) is 3.53. The number of phenolic OH excluding ortho intramolecular Hbond substituents is 1. The van der Waals surface area contributed by atoms with Crippen LogP contribution in [0.1, 0.15) is 22.8 Å². The van der Waals surface area contributed by atoms with Crippen LogP contribution in [0.15, 0.2) is 93.8 Å². The van der Waals surface area contributed by atoms with Gasteiger partial charge in [-0.15, -0.1) is 0 Å². The number of amides is 1. The quantitative estimate of drug-likeness (QED) is 0.248. The Kier molecular flexibility index (Phi) is 4.84. The minimum Gasteiger partial charge on any atom is -0.507 e. The Morgan fingerprint density at radius 2 is 1.61 bits per heavy atom. The number of nitrogens with one attached hydrogen (secondary N) is 2. The lowest BCUT2D eigenvalue weighted by Crippen LogP contribution is -2.19. The third kappa shape index (κ3) is 3.73. The van der Waals surface area contributed by atoms with Gasteiger partial charge in [-0.2, -0.15) is 5.10 Å².